The van der Waals surface area contributed by atoms with Crippen molar-refractivity contribution in [1.29, 1.82) is 0 Å². The lowest BCUT2D eigenvalue weighted by atomic mass is 10.1. The predicted octanol–water partition coefficient (Wildman–Crippen LogP) is 1.23. The maximum absolute atomic E-state index is 13.3. The van der Waals surface area contributed by atoms with Crippen LogP contribution in [0.25, 0.3) is 0 Å². The topological polar surface area (TPSA) is 55.8 Å². The Bertz CT molecular complexity index is 499. The highest BCUT2D eigenvalue weighted by molar-refractivity contribution is 6.01. The van der Waals surface area contributed by atoms with E-state index in [4.69, 9.17) is 17.3 Å². The lowest BCUT2D eigenvalue weighted by Crippen LogP contribution is -2.32. The molecule has 1 aromatic rings. The fourth-order valence-corrected chi connectivity index (χ4v) is 1.27. The second-order valence-electron chi connectivity index (χ2n) is 3.08. The second-order valence-corrected chi connectivity index (χ2v) is 3.08. The van der Waals surface area contributed by atoms with Gasteiger partial charge in [-0.25, -0.2) is 0 Å². The van der Waals surface area contributed by atoms with Crippen molar-refractivity contribution in [2.75, 3.05) is 13.4 Å². The van der Waals surface area contributed by atoms with Gasteiger partial charge < -0.3 is 14.6 Å². The lowest BCUT2D eigenvalue weighted by molar-refractivity contribution is -0.0260. The van der Waals surface area contributed by atoms with E-state index in [1.807, 2.05) is 0 Å². The normalized spacial score (nSPS) is 16.7. The molecular formula is C10H8F2O4. The fraction of sp³-hybridized carbons (Fsp3) is 0.300. The maximum Gasteiger partial charge on any atom is 0.332 e. The summed E-state index contributed by atoms with van der Waals surface area (Å²) in [5.74, 6) is -5.94. The molecule has 0 radical (unpaired) electrons. The molecule has 0 fully saturated rings. The van der Waals surface area contributed by atoms with Gasteiger partial charge >= 0.3 is 5.92 Å². The molecule has 0 saturated heterocycles. The monoisotopic (exact) mass is 232 g/mol. The summed E-state index contributed by atoms with van der Waals surface area (Å²) in [5, 5.41) is 8.68. The first-order valence-electron chi connectivity index (χ1n) is 5.28. The third-order valence-corrected chi connectivity index (χ3v) is 2.06. The van der Waals surface area contributed by atoms with Gasteiger partial charge in [-0.15, -0.1) is 0 Å². The zero-order chi connectivity index (χ0) is 13.6. The van der Waals surface area contributed by atoms with Crippen LogP contribution in [0.4, 0.5) is 8.78 Å². The Morgan fingerprint density at radius 1 is 1.50 bits per heavy atom. The van der Waals surface area contributed by atoms with Gasteiger partial charge in [-0.1, -0.05) is 0 Å². The number of aliphatic hydroxyl groups is 1. The largest absolute Gasteiger partial charge is 0.454 e. The van der Waals surface area contributed by atoms with Crippen LogP contribution in [0.2, 0.25) is 0 Å². The van der Waals surface area contributed by atoms with Crippen molar-refractivity contribution in [3.05, 3.63) is 23.8 Å². The summed E-state index contributed by atoms with van der Waals surface area (Å²) >= 11 is 0. The van der Waals surface area contributed by atoms with E-state index in [1.165, 1.54) is 6.07 Å². The minimum absolute atomic E-state index is 0.0792. The quantitative estimate of drug-likeness (QED) is 0.796. The molecule has 1 aliphatic heterocycles. The number of fused-ring (bicyclic) bond motifs is 1. The standard InChI is InChI=1S/C10H8F2O4/c11-10(12,4-13)9(14)6-1-2-7-8(3-6)16-5-15-7/h1-3,13H,4-5H2/i4D2. The van der Waals surface area contributed by atoms with Crippen molar-refractivity contribution in [3.63, 3.8) is 0 Å². The third kappa shape index (κ3) is 1.71. The number of rotatable bonds is 3. The van der Waals surface area contributed by atoms with E-state index in [2.05, 4.69) is 0 Å². The molecule has 1 N–H and O–H groups in total. The molecule has 1 aromatic carbocycles. The number of halogens is 2. The van der Waals surface area contributed by atoms with Crippen LogP contribution in [-0.2, 0) is 0 Å². The summed E-state index contributed by atoms with van der Waals surface area (Å²) in [6, 6.07) is 3.33. The molecule has 0 amide bonds. The van der Waals surface area contributed by atoms with Crippen molar-refractivity contribution in [1.82, 2.24) is 0 Å². The molecule has 1 heterocycles. The van der Waals surface area contributed by atoms with E-state index in [1.54, 1.807) is 0 Å². The molecule has 1 aliphatic rings. The first-order valence-corrected chi connectivity index (χ1v) is 4.28. The van der Waals surface area contributed by atoms with Crippen LogP contribution in [-0.4, -0.2) is 30.2 Å². The van der Waals surface area contributed by atoms with Gasteiger partial charge in [0, 0.05) is 5.56 Å². The zero-order valence-corrected chi connectivity index (χ0v) is 7.87. The van der Waals surface area contributed by atoms with Crippen molar-refractivity contribution in [2.45, 2.75) is 5.92 Å². The molecule has 86 valence electrons. The summed E-state index contributed by atoms with van der Waals surface area (Å²) in [4.78, 5) is 11.5. The Hall–Kier alpha value is -1.69. The highest BCUT2D eigenvalue weighted by Gasteiger charge is 2.39. The van der Waals surface area contributed by atoms with Gasteiger partial charge in [0.25, 0.3) is 0 Å². The summed E-state index contributed by atoms with van der Waals surface area (Å²) in [6.45, 7) is -4.01. The Balaban J connectivity index is 2.35. The fourth-order valence-electron chi connectivity index (χ4n) is 1.27. The van der Waals surface area contributed by atoms with Gasteiger partial charge in [0.05, 0.1) is 2.74 Å². The van der Waals surface area contributed by atoms with Crippen LogP contribution in [0.1, 0.15) is 13.1 Å². The number of Topliss-reactive ketones (excluding diaryl/α,β-unsaturated/α-hetero) is 1. The average Bonchev–Trinajstić information content (AvgIpc) is 2.73. The zero-order valence-electron chi connectivity index (χ0n) is 9.87. The average molecular weight is 232 g/mol. The van der Waals surface area contributed by atoms with E-state index in [0.29, 0.717) is 5.75 Å². The number of benzene rings is 1. The number of ketones is 1. The van der Waals surface area contributed by atoms with E-state index < -0.39 is 23.8 Å². The van der Waals surface area contributed by atoms with Gasteiger partial charge in [0.1, 0.15) is 6.56 Å². The Morgan fingerprint density at radius 3 is 2.88 bits per heavy atom. The van der Waals surface area contributed by atoms with Crippen molar-refractivity contribution in [3.8, 4) is 11.5 Å². The highest BCUT2D eigenvalue weighted by Crippen LogP contribution is 2.33. The smallest absolute Gasteiger partial charge is 0.332 e. The Labute approximate surface area is 92.2 Å². The molecule has 0 spiro atoms. The highest BCUT2D eigenvalue weighted by atomic mass is 19.3. The minimum atomic E-state index is -4.54. The number of carbonyl (C=O) groups excluding carboxylic acids is 1. The molecule has 6 heteroatoms. The summed E-state index contributed by atoms with van der Waals surface area (Å²) in [5.41, 5.74) is -0.470. The van der Waals surface area contributed by atoms with E-state index >= 15 is 0 Å². The number of carbonyl (C=O) groups is 1. The SMILES string of the molecule is [2H]C([2H])(O)C(F)(F)C(=O)c1ccc2c(c1)OCO2. The Kier molecular flexibility index (Phi) is 1.96. The van der Waals surface area contributed by atoms with Gasteiger partial charge in [0.2, 0.25) is 12.6 Å². The first-order chi connectivity index (χ1) is 8.23. The molecule has 0 unspecified atom stereocenters. The van der Waals surface area contributed by atoms with E-state index in [-0.39, 0.29) is 12.5 Å². The summed E-state index contributed by atoms with van der Waals surface area (Å²) in [6.07, 6.45) is 0. The Morgan fingerprint density at radius 2 is 2.19 bits per heavy atom. The third-order valence-electron chi connectivity index (χ3n) is 2.06. The van der Waals surface area contributed by atoms with Crippen molar-refractivity contribution in [2.24, 2.45) is 0 Å². The van der Waals surface area contributed by atoms with Crippen LogP contribution >= 0.6 is 0 Å². The van der Waals surface area contributed by atoms with Gasteiger partial charge in [-0.3, -0.25) is 4.79 Å². The summed E-state index contributed by atoms with van der Waals surface area (Å²) in [7, 11) is 0. The van der Waals surface area contributed by atoms with Crippen LogP contribution in [0, 0.1) is 0 Å². The molecule has 0 saturated carbocycles. The molecule has 0 bridgehead atoms. The number of ether oxygens (including phenoxy) is 2. The minimum Gasteiger partial charge on any atom is -0.454 e. The van der Waals surface area contributed by atoms with Crippen LogP contribution in [0.3, 0.4) is 0 Å². The number of alkyl halides is 2. The predicted molar refractivity (Wildman–Crippen MR) is 48.9 cm³/mol. The molecular weight excluding hydrogens is 222 g/mol. The summed E-state index contributed by atoms with van der Waals surface area (Å²) < 4.78 is 49.6. The molecule has 0 aromatic heterocycles. The van der Waals surface area contributed by atoms with Crippen molar-refractivity contribution < 1.29 is 30.9 Å². The van der Waals surface area contributed by atoms with Crippen LogP contribution < -0.4 is 9.47 Å². The van der Waals surface area contributed by atoms with Gasteiger partial charge in [0.15, 0.2) is 11.5 Å². The molecule has 0 aliphatic carbocycles. The lowest BCUT2D eigenvalue weighted by Gasteiger charge is -2.11. The second kappa shape index (κ2) is 3.71. The first kappa shape index (κ1) is 8.46. The maximum atomic E-state index is 13.3. The van der Waals surface area contributed by atoms with Crippen molar-refractivity contribution >= 4 is 5.78 Å². The molecule has 4 nitrogen and oxygen atoms in total. The molecule has 2 rings (SSSR count). The number of hydrogen-bond donors (Lipinski definition) is 1. The van der Waals surface area contributed by atoms with Gasteiger partial charge in [-0.05, 0) is 18.2 Å². The van der Waals surface area contributed by atoms with Crippen LogP contribution in [0.5, 0.6) is 11.5 Å². The van der Waals surface area contributed by atoms with Crippen LogP contribution in [0.15, 0.2) is 18.2 Å². The van der Waals surface area contributed by atoms with E-state index in [0.717, 1.165) is 12.1 Å². The molecule has 16 heavy (non-hydrogen) atoms. The number of hydrogen-bond acceptors (Lipinski definition) is 4. The van der Waals surface area contributed by atoms with Gasteiger partial charge in [-0.2, -0.15) is 8.78 Å². The van der Waals surface area contributed by atoms with E-state index in [9.17, 15) is 13.6 Å². The molecule has 0 atom stereocenters.